The third-order valence-corrected chi connectivity index (χ3v) is 6.52. The minimum Gasteiger partial charge on any atom is -0.493 e. The molecule has 0 aromatic heterocycles. The standard InChI is InChI=1S/C25H22N4O3/c1-3-20-24(16-28)22(29)32-25(20,17-10-6-5-7-11-17)31-21(23(24,14-26)15-27)18-12-8-9-13-19(18)30-4-2/h5-13,20-21,29H,3-4H2,1-2H3. The van der Waals surface area contributed by atoms with Crippen molar-refractivity contribution < 1.29 is 14.2 Å². The van der Waals surface area contributed by atoms with Crippen molar-refractivity contribution in [3.05, 3.63) is 65.7 Å². The van der Waals surface area contributed by atoms with E-state index in [0.29, 0.717) is 29.9 Å². The van der Waals surface area contributed by atoms with Crippen LogP contribution < -0.4 is 4.74 Å². The third-order valence-electron chi connectivity index (χ3n) is 6.52. The van der Waals surface area contributed by atoms with Crippen molar-refractivity contribution in [2.75, 3.05) is 6.61 Å². The van der Waals surface area contributed by atoms with Gasteiger partial charge in [-0.2, -0.15) is 15.8 Å². The first-order valence-corrected chi connectivity index (χ1v) is 10.5. The Hall–Kier alpha value is -3.86. The Kier molecular flexibility index (Phi) is 5.13. The highest BCUT2D eigenvalue weighted by atomic mass is 16.7. The second-order valence-corrected chi connectivity index (χ2v) is 7.85. The van der Waals surface area contributed by atoms with Gasteiger partial charge >= 0.3 is 0 Å². The van der Waals surface area contributed by atoms with Crippen LogP contribution in [0.25, 0.3) is 0 Å². The van der Waals surface area contributed by atoms with Gasteiger partial charge in [-0.05, 0) is 19.4 Å². The van der Waals surface area contributed by atoms with Crippen LogP contribution in [0.5, 0.6) is 5.75 Å². The summed E-state index contributed by atoms with van der Waals surface area (Å²) >= 11 is 0. The summed E-state index contributed by atoms with van der Waals surface area (Å²) in [5.41, 5.74) is -2.77. The van der Waals surface area contributed by atoms with Crippen LogP contribution in [0.1, 0.15) is 37.5 Å². The maximum atomic E-state index is 10.5. The van der Waals surface area contributed by atoms with Crippen LogP contribution in [0.2, 0.25) is 0 Å². The summed E-state index contributed by atoms with van der Waals surface area (Å²) in [7, 11) is 0. The van der Waals surface area contributed by atoms with Crippen LogP contribution in [0, 0.1) is 56.2 Å². The number of rotatable bonds is 5. The number of nitriles is 3. The van der Waals surface area contributed by atoms with Gasteiger partial charge in [-0.3, -0.25) is 5.41 Å². The van der Waals surface area contributed by atoms with Gasteiger partial charge < -0.3 is 14.2 Å². The van der Waals surface area contributed by atoms with Gasteiger partial charge in [0.05, 0.1) is 30.7 Å². The number of nitrogens with one attached hydrogen (secondary N) is 1. The zero-order valence-electron chi connectivity index (χ0n) is 17.8. The normalized spacial score (nSPS) is 29.8. The summed E-state index contributed by atoms with van der Waals surface area (Å²) in [6.07, 6.45) is -0.832. The summed E-state index contributed by atoms with van der Waals surface area (Å²) in [5, 5.41) is 40.0. The zero-order chi connectivity index (χ0) is 23.0. The van der Waals surface area contributed by atoms with E-state index in [1.807, 2.05) is 32.0 Å². The predicted molar refractivity (Wildman–Crippen MR) is 114 cm³/mol. The largest absolute Gasteiger partial charge is 0.493 e. The molecule has 2 saturated heterocycles. The van der Waals surface area contributed by atoms with Gasteiger partial charge in [0, 0.05) is 11.1 Å². The molecule has 2 aromatic rings. The molecule has 0 amide bonds. The van der Waals surface area contributed by atoms with Crippen molar-refractivity contribution in [2.24, 2.45) is 16.7 Å². The van der Waals surface area contributed by atoms with E-state index in [2.05, 4.69) is 18.2 Å². The van der Waals surface area contributed by atoms with E-state index in [1.165, 1.54) is 0 Å². The quantitative estimate of drug-likeness (QED) is 0.746. The number of nitrogens with zero attached hydrogens (tertiary/aromatic N) is 3. The zero-order valence-corrected chi connectivity index (χ0v) is 17.8. The average molecular weight is 426 g/mol. The van der Waals surface area contributed by atoms with Gasteiger partial charge in [0.1, 0.15) is 11.9 Å². The van der Waals surface area contributed by atoms with Gasteiger partial charge in [0.25, 0.3) is 0 Å². The summed E-state index contributed by atoms with van der Waals surface area (Å²) in [6, 6.07) is 22.4. The van der Waals surface area contributed by atoms with Crippen molar-refractivity contribution in [3.8, 4) is 24.0 Å². The molecule has 7 heteroatoms. The SMILES string of the molecule is CCOc1ccccc1C1OC2(c3ccccc3)OC(=N)C(C#N)(C2CC)C1(C#N)C#N. The molecule has 0 spiro atoms. The molecule has 2 bridgehead atoms. The smallest absolute Gasteiger partial charge is 0.244 e. The summed E-state index contributed by atoms with van der Waals surface area (Å²) in [4.78, 5) is 0. The molecule has 4 atom stereocenters. The van der Waals surface area contributed by atoms with E-state index in [1.54, 1.807) is 36.4 Å². The van der Waals surface area contributed by atoms with E-state index in [0.717, 1.165) is 0 Å². The highest BCUT2D eigenvalue weighted by Gasteiger charge is 2.80. The van der Waals surface area contributed by atoms with Crippen LogP contribution in [0.4, 0.5) is 0 Å². The molecule has 0 radical (unpaired) electrons. The first-order chi connectivity index (χ1) is 15.5. The Morgan fingerprint density at radius 1 is 0.969 bits per heavy atom. The van der Waals surface area contributed by atoms with Crippen LogP contribution in [0.15, 0.2) is 54.6 Å². The van der Waals surface area contributed by atoms with Crippen molar-refractivity contribution in [1.29, 1.82) is 21.2 Å². The highest BCUT2D eigenvalue weighted by Crippen LogP contribution is 2.70. The van der Waals surface area contributed by atoms with Gasteiger partial charge in [0.15, 0.2) is 5.41 Å². The lowest BCUT2D eigenvalue weighted by Gasteiger charge is -2.49. The highest BCUT2D eigenvalue weighted by molar-refractivity contribution is 5.89. The van der Waals surface area contributed by atoms with Gasteiger partial charge in [0.2, 0.25) is 17.1 Å². The monoisotopic (exact) mass is 426 g/mol. The van der Waals surface area contributed by atoms with E-state index in [4.69, 9.17) is 19.6 Å². The fraction of sp³-hybridized carbons (Fsp3) is 0.360. The molecule has 2 aliphatic rings. The molecule has 160 valence electrons. The Bertz CT molecular complexity index is 1160. The van der Waals surface area contributed by atoms with Crippen LogP contribution in [-0.2, 0) is 15.3 Å². The van der Waals surface area contributed by atoms with Crippen molar-refractivity contribution >= 4 is 5.90 Å². The molecule has 7 nitrogen and oxygen atoms in total. The molecule has 0 aliphatic carbocycles. The number of ether oxygens (including phenoxy) is 3. The molecule has 2 aromatic carbocycles. The maximum Gasteiger partial charge on any atom is 0.244 e. The Balaban J connectivity index is 2.07. The molecule has 0 saturated carbocycles. The summed E-state index contributed by atoms with van der Waals surface area (Å²) < 4.78 is 18.4. The predicted octanol–water partition coefficient (Wildman–Crippen LogP) is 4.59. The molecule has 2 aliphatic heterocycles. The molecule has 1 N–H and O–H groups in total. The average Bonchev–Trinajstić information content (AvgIpc) is 3.04. The molecule has 2 heterocycles. The van der Waals surface area contributed by atoms with E-state index >= 15 is 0 Å². The first-order valence-electron chi connectivity index (χ1n) is 10.5. The van der Waals surface area contributed by atoms with E-state index < -0.39 is 34.5 Å². The van der Waals surface area contributed by atoms with Gasteiger partial charge in [-0.1, -0.05) is 55.5 Å². The second-order valence-electron chi connectivity index (χ2n) is 7.85. The molecule has 4 unspecified atom stereocenters. The molecular weight excluding hydrogens is 404 g/mol. The molecule has 32 heavy (non-hydrogen) atoms. The van der Waals surface area contributed by atoms with E-state index in [9.17, 15) is 15.8 Å². The van der Waals surface area contributed by atoms with Crippen molar-refractivity contribution in [2.45, 2.75) is 32.2 Å². The lowest BCUT2D eigenvalue weighted by Crippen LogP contribution is -2.58. The second kappa shape index (κ2) is 7.68. The fourth-order valence-electron chi connectivity index (χ4n) is 5.17. The Morgan fingerprint density at radius 2 is 1.62 bits per heavy atom. The Morgan fingerprint density at radius 3 is 2.22 bits per heavy atom. The minimum atomic E-state index is -2.03. The molecular formula is C25H22N4O3. The molecule has 4 rings (SSSR count). The third kappa shape index (κ3) is 2.45. The maximum absolute atomic E-state index is 10.5. The van der Waals surface area contributed by atoms with Crippen molar-refractivity contribution in [3.63, 3.8) is 0 Å². The summed E-state index contributed by atoms with van der Waals surface area (Å²) in [5.74, 6) is -2.21. The van der Waals surface area contributed by atoms with Crippen LogP contribution in [0.3, 0.4) is 0 Å². The van der Waals surface area contributed by atoms with Crippen LogP contribution >= 0.6 is 0 Å². The number of fused-ring (bicyclic) bond motifs is 2. The lowest BCUT2D eigenvalue weighted by molar-refractivity contribution is -0.293. The lowest BCUT2D eigenvalue weighted by atomic mass is 9.52. The first kappa shape index (κ1) is 21.4. The number of para-hydroxylation sites is 1. The fourth-order valence-corrected chi connectivity index (χ4v) is 5.17. The number of benzene rings is 2. The number of hydrogen-bond acceptors (Lipinski definition) is 7. The minimum absolute atomic E-state index is 0.357. The Labute approximate surface area is 186 Å². The summed E-state index contributed by atoms with van der Waals surface area (Å²) in [6.45, 7) is 4.04. The topological polar surface area (TPSA) is 123 Å². The molecule has 2 fully saturated rings. The van der Waals surface area contributed by atoms with Gasteiger partial charge in [-0.25, -0.2) is 0 Å². The number of hydrogen-bond donors (Lipinski definition) is 1. The van der Waals surface area contributed by atoms with Crippen molar-refractivity contribution in [1.82, 2.24) is 0 Å². The van der Waals surface area contributed by atoms with E-state index in [-0.39, 0.29) is 0 Å². The van der Waals surface area contributed by atoms with Crippen LogP contribution in [-0.4, -0.2) is 12.5 Å². The van der Waals surface area contributed by atoms with Gasteiger partial charge in [-0.15, -0.1) is 0 Å².